The van der Waals surface area contributed by atoms with Gasteiger partial charge in [-0.25, -0.2) is 8.42 Å². The number of rotatable bonds is 6. The van der Waals surface area contributed by atoms with Crippen LogP contribution in [0, 0.1) is 0 Å². The first-order valence-corrected chi connectivity index (χ1v) is 11.7. The summed E-state index contributed by atoms with van der Waals surface area (Å²) in [5.41, 5.74) is 1.29. The van der Waals surface area contributed by atoms with Gasteiger partial charge >= 0.3 is 0 Å². The van der Waals surface area contributed by atoms with Crippen molar-refractivity contribution in [1.82, 2.24) is 9.62 Å². The van der Waals surface area contributed by atoms with Crippen LogP contribution in [0.2, 0.25) is 5.02 Å². The quantitative estimate of drug-likeness (QED) is 0.678. The van der Waals surface area contributed by atoms with E-state index in [0.717, 1.165) is 12.0 Å². The molecule has 0 spiro atoms. The predicted octanol–water partition coefficient (Wildman–Crippen LogP) is 3.96. The standard InChI is InChI=1S/C22H25ClN2O4S/c1-15(18-6-5-7-19(23)14-18)24-22(27)21-8-3-4-13-25(21)30(28,29)20-11-9-17(10-12-20)16(2)26/h5-7,9-12,14-15,21H,3-4,8,13H2,1-2H3,(H,24,27). The zero-order valence-corrected chi connectivity index (χ0v) is 18.5. The van der Waals surface area contributed by atoms with Crippen molar-refractivity contribution >= 4 is 33.3 Å². The Balaban J connectivity index is 1.81. The zero-order valence-electron chi connectivity index (χ0n) is 17.0. The second-order valence-corrected chi connectivity index (χ2v) is 9.82. The van der Waals surface area contributed by atoms with E-state index in [1.54, 1.807) is 12.1 Å². The molecule has 8 heteroatoms. The number of amides is 1. The lowest BCUT2D eigenvalue weighted by Crippen LogP contribution is -2.52. The molecule has 1 saturated heterocycles. The van der Waals surface area contributed by atoms with E-state index in [-0.39, 0.29) is 29.2 Å². The van der Waals surface area contributed by atoms with Crippen LogP contribution in [-0.2, 0) is 14.8 Å². The van der Waals surface area contributed by atoms with Gasteiger partial charge in [0, 0.05) is 17.1 Å². The van der Waals surface area contributed by atoms with E-state index >= 15 is 0 Å². The normalized spacial score (nSPS) is 18.6. The van der Waals surface area contributed by atoms with Crippen LogP contribution in [0.5, 0.6) is 0 Å². The molecule has 1 aliphatic heterocycles. The minimum atomic E-state index is -3.87. The SMILES string of the molecule is CC(=O)c1ccc(S(=O)(=O)N2CCCCC2C(=O)NC(C)c2cccc(Cl)c2)cc1. The molecular formula is C22H25ClN2O4S. The number of nitrogens with one attached hydrogen (secondary N) is 1. The van der Waals surface area contributed by atoms with Crippen LogP contribution in [0.25, 0.3) is 0 Å². The molecule has 1 amide bonds. The van der Waals surface area contributed by atoms with Crippen LogP contribution in [-0.4, -0.2) is 37.0 Å². The summed E-state index contributed by atoms with van der Waals surface area (Å²) in [6.07, 6.45) is 1.93. The number of hydrogen-bond donors (Lipinski definition) is 1. The molecule has 3 rings (SSSR count). The number of piperidine rings is 1. The van der Waals surface area contributed by atoms with Gasteiger partial charge in [0.05, 0.1) is 10.9 Å². The fourth-order valence-electron chi connectivity index (χ4n) is 3.62. The fraction of sp³-hybridized carbons (Fsp3) is 0.364. The van der Waals surface area contributed by atoms with Crippen LogP contribution < -0.4 is 5.32 Å². The van der Waals surface area contributed by atoms with Crippen LogP contribution in [0.1, 0.15) is 55.1 Å². The number of carbonyl (C=O) groups excluding carboxylic acids is 2. The first-order valence-electron chi connectivity index (χ1n) is 9.89. The summed E-state index contributed by atoms with van der Waals surface area (Å²) in [5.74, 6) is -0.463. The lowest BCUT2D eigenvalue weighted by molar-refractivity contribution is -0.126. The summed E-state index contributed by atoms with van der Waals surface area (Å²) in [5, 5.41) is 3.50. The molecule has 0 aromatic heterocycles. The maximum absolute atomic E-state index is 13.2. The van der Waals surface area contributed by atoms with Gasteiger partial charge < -0.3 is 5.32 Å². The van der Waals surface area contributed by atoms with Crippen molar-refractivity contribution in [2.75, 3.05) is 6.54 Å². The second kappa shape index (κ2) is 9.29. The molecule has 1 N–H and O–H groups in total. The van der Waals surface area contributed by atoms with E-state index < -0.39 is 16.1 Å². The van der Waals surface area contributed by atoms with Crippen molar-refractivity contribution in [3.8, 4) is 0 Å². The zero-order chi connectivity index (χ0) is 21.9. The molecule has 1 aliphatic rings. The summed E-state index contributed by atoms with van der Waals surface area (Å²) in [4.78, 5) is 24.6. The lowest BCUT2D eigenvalue weighted by Gasteiger charge is -2.34. The molecule has 1 fully saturated rings. The maximum Gasteiger partial charge on any atom is 0.243 e. The Morgan fingerprint density at radius 3 is 2.47 bits per heavy atom. The van der Waals surface area contributed by atoms with E-state index in [2.05, 4.69) is 5.32 Å². The van der Waals surface area contributed by atoms with E-state index in [0.29, 0.717) is 23.4 Å². The molecule has 2 aromatic carbocycles. The summed E-state index contributed by atoms with van der Waals surface area (Å²) < 4.78 is 27.7. The summed E-state index contributed by atoms with van der Waals surface area (Å²) in [7, 11) is -3.87. The number of ketones is 1. The third-order valence-electron chi connectivity index (χ3n) is 5.33. The molecule has 2 aromatic rings. The van der Waals surface area contributed by atoms with Crippen molar-refractivity contribution < 1.29 is 18.0 Å². The molecule has 6 nitrogen and oxygen atoms in total. The number of halogens is 1. The monoisotopic (exact) mass is 448 g/mol. The van der Waals surface area contributed by atoms with Gasteiger partial charge in [0.15, 0.2) is 5.78 Å². The Morgan fingerprint density at radius 1 is 1.13 bits per heavy atom. The van der Waals surface area contributed by atoms with E-state index in [9.17, 15) is 18.0 Å². The Morgan fingerprint density at radius 2 is 1.83 bits per heavy atom. The van der Waals surface area contributed by atoms with E-state index in [4.69, 9.17) is 11.6 Å². The first kappa shape index (κ1) is 22.5. The smallest absolute Gasteiger partial charge is 0.243 e. The number of benzene rings is 2. The summed E-state index contributed by atoms with van der Waals surface area (Å²) in [6, 6.07) is 11.9. The first-order chi connectivity index (χ1) is 14.2. The van der Waals surface area contributed by atoms with Crippen LogP contribution >= 0.6 is 11.6 Å². The van der Waals surface area contributed by atoms with Gasteiger partial charge in [0.25, 0.3) is 0 Å². The summed E-state index contributed by atoms with van der Waals surface area (Å²) in [6.45, 7) is 3.54. The van der Waals surface area contributed by atoms with Crippen molar-refractivity contribution in [1.29, 1.82) is 0 Å². The topological polar surface area (TPSA) is 83.6 Å². The third-order valence-corrected chi connectivity index (χ3v) is 7.49. The van der Waals surface area contributed by atoms with Crippen LogP contribution in [0.4, 0.5) is 0 Å². The molecule has 0 saturated carbocycles. The Kier molecular flexibility index (Phi) is 6.95. The Hall–Kier alpha value is -2.22. The van der Waals surface area contributed by atoms with Gasteiger partial charge in [-0.05, 0) is 56.5 Å². The van der Waals surface area contributed by atoms with Gasteiger partial charge in [-0.1, -0.05) is 42.3 Å². The second-order valence-electron chi connectivity index (χ2n) is 7.49. The van der Waals surface area contributed by atoms with Crippen LogP contribution in [0.3, 0.4) is 0 Å². The molecule has 30 heavy (non-hydrogen) atoms. The molecule has 0 radical (unpaired) electrons. The Labute approximate surface area is 182 Å². The van der Waals surface area contributed by atoms with Crippen molar-refractivity contribution in [2.45, 2.75) is 50.1 Å². The number of Topliss-reactive ketones (excluding diaryl/α,β-unsaturated/α-hetero) is 1. The van der Waals surface area contributed by atoms with E-state index in [1.165, 1.54) is 35.5 Å². The minimum absolute atomic E-state index is 0.0788. The van der Waals surface area contributed by atoms with E-state index in [1.807, 2.05) is 19.1 Å². The summed E-state index contributed by atoms with van der Waals surface area (Å²) >= 11 is 6.03. The van der Waals surface area contributed by atoms with Gasteiger partial charge in [-0.3, -0.25) is 9.59 Å². The highest BCUT2D eigenvalue weighted by atomic mass is 35.5. The number of nitrogens with zero attached hydrogens (tertiary/aromatic N) is 1. The number of carbonyl (C=O) groups is 2. The molecule has 0 aliphatic carbocycles. The number of hydrogen-bond acceptors (Lipinski definition) is 4. The van der Waals surface area contributed by atoms with Crippen LogP contribution in [0.15, 0.2) is 53.4 Å². The van der Waals surface area contributed by atoms with Crippen molar-refractivity contribution in [3.05, 3.63) is 64.7 Å². The van der Waals surface area contributed by atoms with Gasteiger partial charge in [-0.15, -0.1) is 0 Å². The average molecular weight is 449 g/mol. The van der Waals surface area contributed by atoms with Gasteiger partial charge in [0.2, 0.25) is 15.9 Å². The van der Waals surface area contributed by atoms with Crippen molar-refractivity contribution in [2.24, 2.45) is 0 Å². The Bertz CT molecular complexity index is 1040. The van der Waals surface area contributed by atoms with Gasteiger partial charge in [0.1, 0.15) is 6.04 Å². The average Bonchev–Trinajstić information content (AvgIpc) is 2.73. The minimum Gasteiger partial charge on any atom is -0.348 e. The predicted molar refractivity (Wildman–Crippen MR) is 116 cm³/mol. The highest BCUT2D eigenvalue weighted by Gasteiger charge is 2.38. The lowest BCUT2D eigenvalue weighted by atomic mass is 10.0. The maximum atomic E-state index is 13.2. The molecule has 2 unspecified atom stereocenters. The molecule has 1 heterocycles. The third kappa shape index (κ3) is 4.91. The molecule has 2 atom stereocenters. The highest BCUT2D eigenvalue weighted by molar-refractivity contribution is 7.89. The van der Waals surface area contributed by atoms with Gasteiger partial charge in [-0.2, -0.15) is 4.31 Å². The largest absolute Gasteiger partial charge is 0.348 e. The highest BCUT2D eigenvalue weighted by Crippen LogP contribution is 2.27. The molecule has 0 bridgehead atoms. The molecule has 160 valence electrons. The molecular weight excluding hydrogens is 424 g/mol. The van der Waals surface area contributed by atoms with Crippen molar-refractivity contribution in [3.63, 3.8) is 0 Å². The fourth-order valence-corrected chi connectivity index (χ4v) is 5.48. The number of sulfonamides is 1.